The SMILES string of the molecule is CCC(CN)C(=O)Cc1ccn(C)n1. The summed E-state index contributed by atoms with van der Waals surface area (Å²) in [5.41, 5.74) is 6.32. The second-order valence-electron chi connectivity index (χ2n) is 3.46. The van der Waals surface area contributed by atoms with Crippen molar-refractivity contribution in [2.75, 3.05) is 6.54 Å². The fourth-order valence-electron chi connectivity index (χ4n) is 1.41. The summed E-state index contributed by atoms with van der Waals surface area (Å²) in [6, 6.07) is 1.86. The van der Waals surface area contributed by atoms with Crippen molar-refractivity contribution in [1.82, 2.24) is 9.78 Å². The van der Waals surface area contributed by atoms with Crippen molar-refractivity contribution >= 4 is 5.78 Å². The Morgan fingerprint density at radius 1 is 1.71 bits per heavy atom. The van der Waals surface area contributed by atoms with Crippen molar-refractivity contribution in [2.45, 2.75) is 19.8 Å². The van der Waals surface area contributed by atoms with Gasteiger partial charge in [0.05, 0.1) is 12.1 Å². The highest BCUT2D eigenvalue weighted by molar-refractivity contribution is 5.83. The molecule has 0 saturated carbocycles. The van der Waals surface area contributed by atoms with E-state index in [4.69, 9.17) is 5.73 Å². The van der Waals surface area contributed by atoms with Gasteiger partial charge in [0.2, 0.25) is 0 Å². The quantitative estimate of drug-likeness (QED) is 0.745. The highest BCUT2D eigenvalue weighted by Gasteiger charge is 2.15. The van der Waals surface area contributed by atoms with E-state index in [0.717, 1.165) is 12.1 Å². The van der Waals surface area contributed by atoms with E-state index in [2.05, 4.69) is 5.10 Å². The minimum absolute atomic E-state index is 0.0167. The van der Waals surface area contributed by atoms with E-state index in [1.165, 1.54) is 0 Å². The first-order valence-corrected chi connectivity index (χ1v) is 4.88. The highest BCUT2D eigenvalue weighted by Crippen LogP contribution is 2.06. The maximum absolute atomic E-state index is 11.7. The van der Waals surface area contributed by atoms with Gasteiger partial charge < -0.3 is 5.73 Å². The van der Waals surface area contributed by atoms with Crippen molar-refractivity contribution in [3.8, 4) is 0 Å². The van der Waals surface area contributed by atoms with Crippen LogP contribution in [0.1, 0.15) is 19.0 Å². The van der Waals surface area contributed by atoms with Crippen LogP contribution in [0.15, 0.2) is 12.3 Å². The molecular weight excluding hydrogens is 178 g/mol. The number of carbonyl (C=O) groups excluding carboxylic acids is 1. The molecule has 2 N–H and O–H groups in total. The van der Waals surface area contributed by atoms with Crippen LogP contribution in [-0.2, 0) is 18.3 Å². The second kappa shape index (κ2) is 4.91. The van der Waals surface area contributed by atoms with E-state index in [1.54, 1.807) is 4.68 Å². The molecule has 1 aromatic rings. The van der Waals surface area contributed by atoms with Crippen molar-refractivity contribution in [1.29, 1.82) is 0 Å². The zero-order chi connectivity index (χ0) is 10.6. The van der Waals surface area contributed by atoms with Gasteiger partial charge in [-0.3, -0.25) is 9.48 Å². The zero-order valence-corrected chi connectivity index (χ0v) is 8.73. The summed E-state index contributed by atoms with van der Waals surface area (Å²) in [5.74, 6) is 0.172. The number of aryl methyl sites for hydroxylation is 1. The third-order valence-electron chi connectivity index (χ3n) is 2.36. The first-order chi connectivity index (χ1) is 6.67. The molecule has 0 aliphatic carbocycles. The summed E-state index contributed by atoms with van der Waals surface area (Å²) in [6.07, 6.45) is 3.05. The van der Waals surface area contributed by atoms with E-state index in [-0.39, 0.29) is 11.7 Å². The van der Waals surface area contributed by atoms with Gasteiger partial charge in [0.1, 0.15) is 5.78 Å². The third kappa shape index (κ3) is 2.67. The van der Waals surface area contributed by atoms with Gasteiger partial charge in [-0.2, -0.15) is 5.10 Å². The molecule has 0 saturated heterocycles. The number of carbonyl (C=O) groups is 1. The van der Waals surface area contributed by atoms with Crippen molar-refractivity contribution in [3.63, 3.8) is 0 Å². The van der Waals surface area contributed by atoms with Crippen molar-refractivity contribution in [3.05, 3.63) is 18.0 Å². The van der Waals surface area contributed by atoms with Crippen molar-refractivity contribution < 1.29 is 4.79 Å². The van der Waals surface area contributed by atoms with Crippen molar-refractivity contribution in [2.24, 2.45) is 18.7 Å². The van der Waals surface area contributed by atoms with Crippen LogP contribution in [0.25, 0.3) is 0 Å². The molecule has 0 aromatic carbocycles. The van der Waals surface area contributed by atoms with E-state index < -0.39 is 0 Å². The average Bonchev–Trinajstić information content (AvgIpc) is 2.53. The molecule has 0 spiro atoms. The molecule has 4 nitrogen and oxygen atoms in total. The van der Waals surface area contributed by atoms with Crippen LogP contribution in [0.3, 0.4) is 0 Å². The van der Waals surface area contributed by atoms with E-state index in [9.17, 15) is 4.79 Å². The lowest BCUT2D eigenvalue weighted by Gasteiger charge is -2.08. The van der Waals surface area contributed by atoms with Gasteiger partial charge in [-0.1, -0.05) is 6.92 Å². The van der Waals surface area contributed by atoms with Crippen LogP contribution in [0.5, 0.6) is 0 Å². The molecule has 1 unspecified atom stereocenters. The normalized spacial score (nSPS) is 12.8. The first kappa shape index (κ1) is 10.9. The summed E-state index contributed by atoms with van der Waals surface area (Å²) >= 11 is 0. The summed E-state index contributed by atoms with van der Waals surface area (Å²) in [4.78, 5) is 11.7. The Labute approximate surface area is 84.1 Å². The number of aromatic nitrogens is 2. The molecule has 0 amide bonds. The van der Waals surface area contributed by atoms with Gasteiger partial charge in [-0.05, 0) is 12.5 Å². The van der Waals surface area contributed by atoms with Gasteiger partial charge in [0.25, 0.3) is 0 Å². The maximum Gasteiger partial charge on any atom is 0.143 e. The number of nitrogens with zero attached hydrogens (tertiary/aromatic N) is 2. The van der Waals surface area contributed by atoms with E-state index in [1.807, 2.05) is 26.2 Å². The number of hydrogen-bond acceptors (Lipinski definition) is 3. The maximum atomic E-state index is 11.7. The molecule has 1 aromatic heterocycles. The fraction of sp³-hybridized carbons (Fsp3) is 0.600. The van der Waals surface area contributed by atoms with E-state index in [0.29, 0.717) is 13.0 Å². The monoisotopic (exact) mass is 195 g/mol. The second-order valence-corrected chi connectivity index (χ2v) is 3.46. The van der Waals surface area contributed by atoms with Crippen LogP contribution in [0, 0.1) is 5.92 Å². The molecule has 4 heteroatoms. The molecule has 1 rings (SSSR count). The number of hydrogen-bond donors (Lipinski definition) is 1. The Morgan fingerprint density at radius 2 is 2.43 bits per heavy atom. The number of ketones is 1. The third-order valence-corrected chi connectivity index (χ3v) is 2.36. The van der Waals surface area contributed by atoms with Crippen LogP contribution in [0.4, 0.5) is 0 Å². The van der Waals surface area contributed by atoms with Crippen LogP contribution >= 0.6 is 0 Å². The minimum Gasteiger partial charge on any atom is -0.330 e. The molecule has 0 fully saturated rings. The van der Waals surface area contributed by atoms with Crippen LogP contribution < -0.4 is 5.73 Å². The predicted molar refractivity (Wildman–Crippen MR) is 54.8 cm³/mol. The molecule has 0 aliphatic rings. The molecule has 0 radical (unpaired) electrons. The van der Waals surface area contributed by atoms with Crippen LogP contribution in [-0.4, -0.2) is 22.1 Å². The van der Waals surface area contributed by atoms with E-state index >= 15 is 0 Å². The Balaban J connectivity index is 2.56. The highest BCUT2D eigenvalue weighted by atomic mass is 16.1. The number of rotatable bonds is 5. The topological polar surface area (TPSA) is 60.9 Å². The Hall–Kier alpha value is -1.16. The van der Waals surface area contributed by atoms with Crippen LogP contribution in [0.2, 0.25) is 0 Å². The van der Waals surface area contributed by atoms with Gasteiger partial charge in [-0.15, -0.1) is 0 Å². The Morgan fingerprint density at radius 3 is 2.86 bits per heavy atom. The minimum atomic E-state index is -0.0167. The Kier molecular flexibility index (Phi) is 3.83. The predicted octanol–water partition coefficient (Wildman–Crippen LogP) is 0.517. The lowest BCUT2D eigenvalue weighted by atomic mass is 9.98. The van der Waals surface area contributed by atoms with Gasteiger partial charge in [0, 0.05) is 25.7 Å². The molecule has 0 aliphatic heterocycles. The molecule has 14 heavy (non-hydrogen) atoms. The molecule has 0 bridgehead atoms. The fourth-order valence-corrected chi connectivity index (χ4v) is 1.41. The van der Waals surface area contributed by atoms with Gasteiger partial charge in [0.15, 0.2) is 0 Å². The molecule has 1 heterocycles. The zero-order valence-electron chi connectivity index (χ0n) is 8.73. The summed E-state index contributed by atoms with van der Waals surface area (Å²) < 4.78 is 1.70. The molecule has 1 atom stereocenters. The lowest BCUT2D eigenvalue weighted by molar-refractivity contribution is -0.122. The molecular formula is C10H17N3O. The van der Waals surface area contributed by atoms with Gasteiger partial charge >= 0.3 is 0 Å². The first-order valence-electron chi connectivity index (χ1n) is 4.88. The summed E-state index contributed by atoms with van der Waals surface area (Å²) in [5, 5.41) is 4.16. The van der Waals surface area contributed by atoms with Gasteiger partial charge in [-0.25, -0.2) is 0 Å². The largest absolute Gasteiger partial charge is 0.330 e. The average molecular weight is 195 g/mol. The number of nitrogens with two attached hydrogens (primary N) is 1. The molecule has 78 valence electrons. The summed E-state index contributed by atoms with van der Waals surface area (Å²) in [6.45, 7) is 2.41. The lowest BCUT2D eigenvalue weighted by Crippen LogP contribution is -2.24. The smallest absolute Gasteiger partial charge is 0.143 e. The number of Topliss-reactive ketones (excluding diaryl/α,β-unsaturated/α-hetero) is 1. The Bertz CT molecular complexity index is 302. The summed E-state index contributed by atoms with van der Waals surface area (Å²) in [7, 11) is 1.84. The standard InChI is InChI=1S/C10H17N3O/c1-3-8(7-11)10(14)6-9-4-5-13(2)12-9/h4-5,8H,3,6-7,11H2,1-2H3.